The molecule has 0 aliphatic heterocycles. The highest BCUT2D eigenvalue weighted by Crippen LogP contribution is 2.39. The summed E-state index contributed by atoms with van der Waals surface area (Å²) >= 11 is 0. The summed E-state index contributed by atoms with van der Waals surface area (Å²) in [7, 11) is 0. The maximum atomic E-state index is 12.3. The fraction of sp³-hybridized carbons (Fsp3) is 0.118. The zero-order chi connectivity index (χ0) is 12.9. The van der Waals surface area contributed by atoms with Gasteiger partial charge in [0.2, 0.25) is 0 Å². The van der Waals surface area contributed by atoms with Gasteiger partial charge in [-0.1, -0.05) is 48.0 Å². The second kappa shape index (κ2) is 3.67. The van der Waals surface area contributed by atoms with Crippen molar-refractivity contribution in [1.82, 2.24) is 0 Å². The smallest absolute Gasteiger partial charge is 0.193 e. The van der Waals surface area contributed by atoms with Crippen LogP contribution in [0.3, 0.4) is 0 Å². The third-order valence-electron chi connectivity index (χ3n) is 3.48. The van der Waals surface area contributed by atoms with Crippen LogP contribution in [-0.4, -0.2) is 5.78 Å². The molecule has 1 nitrogen and oxygen atoms in total. The van der Waals surface area contributed by atoms with E-state index in [1.165, 1.54) is 0 Å². The number of carbonyl (C=O) groups excluding carboxylic acids is 1. The largest absolute Gasteiger partial charge is 0.289 e. The van der Waals surface area contributed by atoms with Gasteiger partial charge in [0.1, 0.15) is 0 Å². The van der Waals surface area contributed by atoms with Crippen LogP contribution in [-0.2, 0) is 0 Å². The molecule has 1 heteroatoms. The molecule has 1 aliphatic carbocycles. The van der Waals surface area contributed by atoms with Crippen molar-refractivity contribution in [1.29, 1.82) is 0 Å². The molecule has 2 aromatic carbocycles. The van der Waals surface area contributed by atoms with Crippen LogP contribution >= 0.6 is 0 Å². The quantitative estimate of drug-likeness (QED) is 0.625. The van der Waals surface area contributed by atoms with Crippen LogP contribution in [0.2, 0.25) is 0 Å². The molecule has 0 bridgehead atoms. The first-order chi connectivity index (χ1) is 8.58. The average Bonchev–Trinajstić information content (AvgIpc) is 2.36. The second-order valence-corrected chi connectivity index (χ2v) is 4.91. The molecule has 0 fully saturated rings. The summed E-state index contributed by atoms with van der Waals surface area (Å²) in [4.78, 5) is 12.3. The minimum atomic E-state index is 0.0480. The molecule has 2 aromatic rings. The van der Waals surface area contributed by atoms with Gasteiger partial charge < -0.3 is 0 Å². The van der Waals surface area contributed by atoms with E-state index in [-0.39, 0.29) is 5.78 Å². The van der Waals surface area contributed by atoms with Gasteiger partial charge in [-0.2, -0.15) is 0 Å². The minimum absolute atomic E-state index is 0.0480. The molecule has 0 heterocycles. The van der Waals surface area contributed by atoms with Crippen molar-refractivity contribution in [3.8, 4) is 11.1 Å². The summed E-state index contributed by atoms with van der Waals surface area (Å²) < 4.78 is 0. The molecule has 0 unspecified atom stereocenters. The van der Waals surface area contributed by atoms with Crippen LogP contribution in [0.5, 0.6) is 0 Å². The normalized spacial score (nSPS) is 13.2. The molecule has 18 heavy (non-hydrogen) atoms. The van der Waals surface area contributed by atoms with Crippen LogP contribution in [0.25, 0.3) is 16.7 Å². The number of benzene rings is 2. The molecule has 0 saturated heterocycles. The summed E-state index contributed by atoms with van der Waals surface area (Å²) in [6.45, 7) is 7.99. The Morgan fingerprint density at radius 2 is 1.28 bits per heavy atom. The molecule has 0 aromatic heterocycles. The Morgan fingerprint density at radius 3 is 1.89 bits per heavy atom. The summed E-state index contributed by atoms with van der Waals surface area (Å²) in [6.07, 6.45) is 0. The third-order valence-corrected chi connectivity index (χ3v) is 3.48. The molecule has 0 saturated carbocycles. The minimum Gasteiger partial charge on any atom is -0.289 e. The van der Waals surface area contributed by atoms with Gasteiger partial charge in [0.25, 0.3) is 0 Å². The Bertz CT molecular complexity index is 631. The van der Waals surface area contributed by atoms with E-state index in [0.29, 0.717) is 5.57 Å². The summed E-state index contributed by atoms with van der Waals surface area (Å²) in [5.74, 6) is 0.0480. The van der Waals surface area contributed by atoms with Crippen LogP contribution in [0.15, 0.2) is 43.0 Å². The molecule has 0 N–H and O–H groups in total. The molecule has 0 atom stereocenters. The summed E-state index contributed by atoms with van der Waals surface area (Å²) in [6, 6.07) is 12.2. The van der Waals surface area contributed by atoms with Gasteiger partial charge in [0.05, 0.1) is 0 Å². The number of allylic oxidation sites excluding steroid dienone is 1. The Labute approximate surface area is 107 Å². The number of aryl methyl sites for hydroxylation is 2. The Balaban J connectivity index is 2.38. The SMILES string of the molecule is C=C1C(=O)c2cc(C)ccc2-c2ccc(C)cc21. The highest BCUT2D eigenvalue weighted by molar-refractivity contribution is 6.33. The lowest BCUT2D eigenvalue weighted by atomic mass is 9.81. The Morgan fingerprint density at radius 1 is 0.778 bits per heavy atom. The number of rotatable bonds is 0. The van der Waals surface area contributed by atoms with E-state index < -0.39 is 0 Å². The summed E-state index contributed by atoms with van der Waals surface area (Å²) in [5.41, 5.74) is 6.73. The van der Waals surface area contributed by atoms with Crippen LogP contribution in [0.4, 0.5) is 0 Å². The van der Waals surface area contributed by atoms with Crippen LogP contribution in [0, 0.1) is 13.8 Å². The lowest BCUT2D eigenvalue weighted by molar-refractivity contribution is 0.105. The van der Waals surface area contributed by atoms with E-state index in [1.54, 1.807) is 0 Å². The van der Waals surface area contributed by atoms with E-state index in [4.69, 9.17) is 0 Å². The molecule has 0 radical (unpaired) electrons. The maximum absolute atomic E-state index is 12.3. The van der Waals surface area contributed by atoms with E-state index in [2.05, 4.69) is 18.7 Å². The van der Waals surface area contributed by atoms with Crippen molar-refractivity contribution < 1.29 is 4.79 Å². The summed E-state index contributed by atoms with van der Waals surface area (Å²) in [5, 5.41) is 0. The van der Waals surface area contributed by atoms with Gasteiger partial charge in [0, 0.05) is 11.1 Å². The number of carbonyl (C=O) groups is 1. The highest BCUT2D eigenvalue weighted by atomic mass is 16.1. The van der Waals surface area contributed by atoms with Gasteiger partial charge in [-0.05, 0) is 36.6 Å². The molecule has 88 valence electrons. The third kappa shape index (κ3) is 1.44. The molecule has 0 spiro atoms. The number of hydrogen-bond donors (Lipinski definition) is 0. The van der Waals surface area contributed by atoms with E-state index in [0.717, 1.165) is 33.4 Å². The number of hydrogen-bond acceptors (Lipinski definition) is 1. The molecule has 1 aliphatic rings. The number of ketones is 1. The van der Waals surface area contributed by atoms with Gasteiger partial charge in [-0.3, -0.25) is 4.79 Å². The van der Waals surface area contributed by atoms with Crippen molar-refractivity contribution in [2.75, 3.05) is 0 Å². The highest BCUT2D eigenvalue weighted by Gasteiger charge is 2.25. The first-order valence-electron chi connectivity index (χ1n) is 6.03. The Hall–Kier alpha value is -2.15. The number of fused-ring (bicyclic) bond motifs is 3. The van der Waals surface area contributed by atoms with Crippen molar-refractivity contribution >= 4 is 11.4 Å². The van der Waals surface area contributed by atoms with Gasteiger partial charge in [-0.15, -0.1) is 0 Å². The molecule has 0 amide bonds. The topological polar surface area (TPSA) is 17.1 Å². The average molecular weight is 234 g/mol. The lowest BCUT2D eigenvalue weighted by Crippen LogP contribution is -2.11. The van der Waals surface area contributed by atoms with Crippen molar-refractivity contribution in [2.24, 2.45) is 0 Å². The number of Topliss-reactive ketones (excluding diaryl/α,β-unsaturated/α-hetero) is 1. The fourth-order valence-electron chi connectivity index (χ4n) is 2.51. The van der Waals surface area contributed by atoms with Gasteiger partial charge >= 0.3 is 0 Å². The Kier molecular flexibility index (Phi) is 2.24. The monoisotopic (exact) mass is 234 g/mol. The fourth-order valence-corrected chi connectivity index (χ4v) is 2.51. The first-order valence-corrected chi connectivity index (χ1v) is 6.03. The van der Waals surface area contributed by atoms with Crippen molar-refractivity contribution in [3.63, 3.8) is 0 Å². The van der Waals surface area contributed by atoms with E-state index in [1.807, 2.05) is 38.1 Å². The van der Waals surface area contributed by atoms with Crippen LogP contribution < -0.4 is 0 Å². The molecular weight excluding hydrogens is 220 g/mol. The predicted molar refractivity (Wildman–Crippen MR) is 74.7 cm³/mol. The zero-order valence-corrected chi connectivity index (χ0v) is 10.6. The van der Waals surface area contributed by atoms with Gasteiger partial charge in [-0.25, -0.2) is 0 Å². The van der Waals surface area contributed by atoms with E-state index in [9.17, 15) is 4.79 Å². The van der Waals surface area contributed by atoms with Gasteiger partial charge in [0.15, 0.2) is 5.78 Å². The van der Waals surface area contributed by atoms with Crippen molar-refractivity contribution in [3.05, 3.63) is 65.2 Å². The van der Waals surface area contributed by atoms with E-state index >= 15 is 0 Å². The molecular formula is C17H14O. The standard InChI is InChI=1S/C17H14O/c1-10-4-6-13-14-7-5-11(2)9-16(14)17(18)12(3)15(13)8-10/h4-9H,3H2,1-2H3. The van der Waals surface area contributed by atoms with Crippen molar-refractivity contribution in [2.45, 2.75) is 13.8 Å². The van der Waals surface area contributed by atoms with Crippen LogP contribution in [0.1, 0.15) is 27.0 Å². The lowest BCUT2D eigenvalue weighted by Gasteiger charge is -2.21. The zero-order valence-electron chi connectivity index (χ0n) is 10.6. The first kappa shape index (κ1) is 11.0. The maximum Gasteiger partial charge on any atom is 0.193 e. The predicted octanol–water partition coefficient (Wildman–Crippen LogP) is 4.18. The second-order valence-electron chi connectivity index (χ2n) is 4.91. The molecule has 3 rings (SSSR count).